The molecular formula is C21H29N5O. The van der Waals surface area contributed by atoms with Crippen LogP contribution < -0.4 is 5.32 Å². The van der Waals surface area contributed by atoms with Crippen molar-refractivity contribution >= 4 is 5.91 Å². The lowest BCUT2D eigenvalue weighted by molar-refractivity contribution is 0.0773. The van der Waals surface area contributed by atoms with Gasteiger partial charge in [-0.05, 0) is 44.0 Å². The number of nitrogens with zero attached hydrogens (tertiary/aromatic N) is 4. The van der Waals surface area contributed by atoms with E-state index in [1.807, 2.05) is 40.8 Å². The molecule has 1 amide bonds. The Hall–Kier alpha value is -2.18. The molecule has 6 heteroatoms. The number of aromatic nitrogens is 2. The van der Waals surface area contributed by atoms with Crippen molar-refractivity contribution in [2.24, 2.45) is 0 Å². The van der Waals surface area contributed by atoms with Gasteiger partial charge >= 0.3 is 0 Å². The van der Waals surface area contributed by atoms with Gasteiger partial charge in [-0.25, -0.2) is 0 Å². The highest BCUT2D eigenvalue weighted by Gasteiger charge is 2.31. The van der Waals surface area contributed by atoms with E-state index in [9.17, 15) is 4.79 Å². The number of rotatable bonds is 4. The summed E-state index contributed by atoms with van der Waals surface area (Å²) in [5.41, 5.74) is 4.14. The van der Waals surface area contributed by atoms with Crippen molar-refractivity contribution in [1.82, 2.24) is 24.9 Å². The average Bonchev–Trinajstić information content (AvgIpc) is 3.29. The minimum Gasteiger partial charge on any atom is -0.337 e. The molecule has 6 nitrogen and oxygen atoms in total. The van der Waals surface area contributed by atoms with Crippen molar-refractivity contribution < 1.29 is 4.79 Å². The Kier molecular flexibility index (Phi) is 5.27. The second-order valence-corrected chi connectivity index (χ2v) is 7.76. The Morgan fingerprint density at radius 1 is 1.15 bits per heavy atom. The van der Waals surface area contributed by atoms with Crippen LogP contribution in [0.15, 0.2) is 30.3 Å². The molecule has 144 valence electrons. The van der Waals surface area contributed by atoms with Gasteiger partial charge < -0.3 is 10.2 Å². The summed E-state index contributed by atoms with van der Waals surface area (Å²) in [4.78, 5) is 17.4. The van der Waals surface area contributed by atoms with Crippen LogP contribution in [0, 0.1) is 13.8 Å². The van der Waals surface area contributed by atoms with E-state index in [4.69, 9.17) is 0 Å². The number of piperazine rings is 1. The van der Waals surface area contributed by atoms with Crippen molar-refractivity contribution in [1.29, 1.82) is 0 Å². The van der Waals surface area contributed by atoms with Crippen molar-refractivity contribution in [3.8, 4) is 0 Å². The zero-order valence-corrected chi connectivity index (χ0v) is 16.3. The molecule has 0 aliphatic carbocycles. The number of hydrogen-bond donors (Lipinski definition) is 1. The molecular weight excluding hydrogens is 338 g/mol. The Labute approximate surface area is 161 Å². The predicted molar refractivity (Wildman–Crippen MR) is 106 cm³/mol. The maximum Gasteiger partial charge on any atom is 0.253 e. The molecule has 2 aromatic rings. The summed E-state index contributed by atoms with van der Waals surface area (Å²) in [6.45, 7) is 10.8. The van der Waals surface area contributed by atoms with E-state index in [0.29, 0.717) is 6.04 Å². The molecule has 2 aliphatic heterocycles. The van der Waals surface area contributed by atoms with E-state index >= 15 is 0 Å². The summed E-state index contributed by atoms with van der Waals surface area (Å²) >= 11 is 0. The highest BCUT2D eigenvalue weighted by atomic mass is 16.2. The van der Waals surface area contributed by atoms with Gasteiger partial charge in [0.25, 0.3) is 5.91 Å². The SMILES string of the molecule is Cc1cc(C)n(Cc2ccc(C(=O)N3CCC(N4CCNCC4)C3)cc2)n1. The molecule has 1 aromatic heterocycles. The summed E-state index contributed by atoms with van der Waals surface area (Å²) in [7, 11) is 0. The lowest BCUT2D eigenvalue weighted by Gasteiger charge is -2.32. The lowest BCUT2D eigenvalue weighted by Crippen LogP contribution is -2.49. The first-order chi connectivity index (χ1) is 13.1. The second-order valence-electron chi connectivity index (χ2n) is 7.76. The Bertz CT molecular complexity index is 791. The molecule has 1 unspecified atom stereocenters. The minimum absolute atomic E-state index is 0.158. The van der Waals surface area contributed by atoms with E-state index < -0.39 is 0 Å². The number of carbonyl (C=O) groups is 1. The van der Waals surface area contributed by atoms with Crippen LogP contribution in [-0.4, -0.2) is 70.8 Å². The lowest BCUT2D eigenvalue weighted by atomic mass is 10.1. The van der Waals surface area contributed by atoms with Crippen molar-refractivity contribution in [2.45, 2.75) is 32.9 Å². The predicted octanol–water partition coefficient (Wildman–Crippen LogP) is 1.67. The molecule has 0 bridgehead atoms. The highest BCUT2D eigenvalue weighted by Crippen LogP contribution is 2.19. The summed E-state index contributed by atoms with van der Waals surface area (Å²) in [5, 5.41) is 7.91. The number of amides is 1. The summed E-state index contributed by atoms with van der Waals surface area (Å²) in [6, 6.07) is 10.6. The number of carbonyl (C=O) groups excluding carboxylic acids is 1. The average molecular weight is 367 g/mol. The Balaban J connectivity index is 1.37. The minimum atomic E-state index is 0.158. The fraction of sp³-hybridized carbons (Fsp3) is 0.524. The molecule has 2 aliphatic rings. The fourth-order valence-corrected chi connectivity index (χ4v) is 4.21. The maximum atomic E-state index is 12.9. The van der Waals surface area contributed by atoms with Gasteiger partial charge in [0.15, 0.2) is 0 Å². The zero-order chi connectivity index (χ0) is 18.8. The van der Waals surface area contributed by atoms with Gasteiger partial charge in [0.1, 0.15) is 0 Å². The molecule has 0 saturated carbocycles. The number of nitrogens with one attached hydrogen (secondary N) is 1. The molecule has 1 aromatic carbocycles. The normalized spacial score (nSPS) is 21.0. The van der Waals surface area contributed by atoms with Crippen LogP contribution in [-0.2, 0) is 6.54 Å². The molecule has 27 heavy (non-hydrogen) atoms. The van der Waals surface area contributed by atoms with Crippen LogP contribution in [0.3, 0.4) is 0 Å². The van der Waals surface area contributed by atoms with Crippen molar-refractivity contribution in [3.63, 3.8) is 0 Å². The molecule has 1 N–H and O–H groups in total. The van der Waals surface area contributed by atoms with Crippen LogP contribution >= 0.6 is 0 Å². The summed E-state index contributed by atoms with van der Waals surface area (Å²) < 4.78 is 2.00. The first-order valence-electron chi connectivity index (χ1n) is 9.94. The van der Waals surface area contributed by atoms with Crippen LogP contribution in [0.1, 0.15) is 33.7 Å². The second kappa shape index (κ2) is 7.82. The van der Waals surface area contributed by atoms with Crippen LogP contribution in [0.4, 0.5) is 0 Å². The van der Waals surface area contributed by atoms with E-state index in [1.165, 1.54) is 0 Å². The van der Waals surface area contributed by atoms with E-state index in [2.05, 4.69) is 28.3 Å². The number of hydrogen-bond acceptors (Lipinski definition) is 4. The Morgan fingerprint density at radius 3 is 2.56 bits per heavy atom. The number of benzene rings is 1. The molecule has 0 spiro atoms. The monoisotopic (exact) mass is 367 g/mol. The van der Waals surface area contributed by atoms with E-state index in [0.717, 1.165) is 74.7 Å². The standard InChI is InChI=1S/C21H29N5O/c1-16-13-17(2)26(23-16)14-18-3-5-19(6-4-18)21(27)25-10-7-20(15-25)24-11-8-22-9-12-24/h3-6,13,20,22H,7-12,14-15H2,1-2H3. The van der Waals surface area contributed by atoms with Crippen LogP contribution in [0.2, 0.25) is 0 Å². The largest absolute Gasteiger partial charge is 0.337 e. The van der Waals surface area contributed by atoms with Gasteiger partial charge in [0.05, 0.1) is 12.2 Å². The number of likely N-dealkylation sites (tertiary alicyclic amines) is 1. The first kappa shape index (κ1) is 18.2. The fourth-order valence-electron chi connectivity index (χ4n) is 4.21. The highest BCUT2D eigenvalue weighted by molar-refractivity contribution is 5.94. The quantitative estimate of drug-likeness (QED) is 0.893. The van der Waals surface area contributed by atoms with E-state index in [1.54, 1.807) is 0 Å². The topological polar surface area (TPSA) is 53.4 Å². The van der Waals surface area contributed by atoms with Crippen molar-refractivity contribution in [3.05, 3.63) is 52.8 Å². The van der Waals surface area contributed by atoms with Gasteiger partial charge in [0, 0.05) is 56.6 Å². The van der Waals surface area contributed by atoms with Crippen LogP contribution in [0.5, 0.6) is 0 Å². The van der Waals surface area contributed by atoms with Crippen molar-refractivity contribution in [2.75, 3.05) is 39.3 Å². The van der Waals surface area contributed by atoms with Gasteiger partial charge in [-0.3, -0.25) is 14.4 Å². The molecule has 2 fully saturated rings. The smallest absolute Gasteiger partial charge is 0.253 e. The number of aryl methyl sites for hydroxylation is 2. The van der Waals surface area contributed by atoms with Gasteiger partial charge in [0.2, 0.25) is 0 Å². The first-order valence-corrected chi connectivity index (χ1v) is 9.94. The zero-order valence-electron chi connectivity index (χ0n) is 16.3. The van der Waals surface area contributed by atoms with E-state index in [-0.39, 0.29) is 5.91 Å². The Morgan fingerprint density at radius 2 is 1.89 bits per heavy atom. The third kappa shape index (κ3) is 4.06. The van der Waals surface area contributed by atoms with Crippen LogP contribution in [0.25, 0.3) is 0 Å². The molecule has 3 heterocycles. The summed E-state index contributed by atoms with van der Waals surface area (Å²) in [6.07, 6.45) is 1.09. The molecule has 2 saturated heterocycles. The third-order valence-electron chi connectivity index (χ3n) is 5.76. The van der Waals surface area contributed by atoms with Gasteiger partial charge in [-0.15, -0.1) is 0 Å². The summed E-state index contributed by atoms with van der Waals surface area (Å²) in [5.74, 6) is 0.158. The third-order valence-corrected chi connectivity index (χ3v) is 5.76. The molecule has 4 rings (SSSR count). The molecule has 1 atom stereocenters. The molecule has 0 radical (unpaired) electrons. The van der Waals surface area contributed by atoms with Gasteiger partial charge in [-0.2, -0.15) is 5.10 Å². The van der Waals surface area contributed by atoms with Gasteiger partial charge in [-0.1, -0.05) is 12.1 Å². The maximum absolute atomic E-state index is 12.9.